The maximum atomic E-state index is 5.41. The van der Waals surface area contributed by atoms with Crippen molar-refractivity contribution in [2.24, 2.45) is 0 Å². The topological polar surface area (TPSA) is 37.4 Å². The Bertz CT molecular complexity index is 389. The van der Waals surface area contributed by atoms with Crippen LogP contribution in [0, 0.1) is 0 Å². The number of nitrogens with zero attached hydrogens (tertiary/aromatic N) is 2. The predicted octanol–water partition coefficient (Wildman–Crippen LogP) is 1.98. The van der Waals surface area contributed by atoms with Crippen molar-refractivity contribution in [2.75, 3.05) is 37.7 Å². The van der Waals surface area contributed by atoms with Crippen LogP contribution in [0.3, 0.4) is 0 Å². The van der Waals surface area contributed by atoms with E-state index in [1.165, 1.54) is 17.7 Å². The van der Waals surface area contributed by atoms with Crippen molar-refractivity contribution in [3.8, 4) is 0 Å². The van der Waals surface area contributed by atoms with E-state index >= 15 is 0 Å². The van der Waals surface area contributed by atoms with E-state index in [-0.39, 0.29) is 0 Å². The highest BCUT2D eigenvalue weighted by molar-refractivity contribution is 5.43. The summed E-state index contributed by atoms with van der Waals surface area (Å²) < 4.78 is 5.41. The molecule has 0 radical (unpaired) electrons. The lowest BCUT2D eigenvalue weighted by Crippen LogP contribution is -2.37. The Morgan fingerprint density at radius 1 is 1.26 bits per heavy atom. The van der Waals surface area contributed by atoms with Crippen LogP contribution in [0.25, 0.3) is 0 Å². The first-order valence-electron chi connectivity index (χ1n) is 7.36. The van der Waals surface area contributed by atoms with Crippen molar-refractivity contribution in [1.82, 2.24) is 10.3 Å². The molecule has 1 aromatic rings. The molecule has 1 N–H and O–H groups in total. The van der Waals surface area contributed by atoms with E-state index in [0.29, 0.717) is 0 Å². The number of hydrogen-bond donors (Lipinski definition) is 1. The van der Waals surface area contributed by atoms with E-state index in [4.69, 9.17) is 9.72 Å². The Labute approximate surface area is 116 Å². The van der Waals surface area contributed by atoms with Crippen LogP contribution in [0.5, 0.6) is 0 Å². The smallest absolute Gasteiger partial charge is 0.129 e. The van der Waals surface area contributed by atoms with Gasteiger partial charge in [-0.3, -0.25) is 0 Å². The largest absolute Gasteiger partial charge is 0.378 e. The van der Waals surface area contributed by atoms with E-state index in [2.05, 4.69) is 36.2 Å². The van der Waals surface area contributed by atoms with Crippen LogP contribution in [-0.4, -0.2) is 37.8 Å². The number of rotatable bonds is 6. The van der Waals surface area contributed by atoms with Gasteiger partial charge in [-0.15, -0.1) is 0 Å². The predicted molar refractivity (Wildman–Crippen MR) is 78.6 cm³/mol. The van der Waals surface area contributed by atoms with E-state index < -0.39 is 0 Å². The van der Waals surface area contributed by atoms with Crippen molar-refractivity contribution >= 4 is 5.82 Å². The lowest BCUT2D eigenvalue weighted by atomic mass is 10.2. The van der Waals surface area contributed by atoms with Gasteiger partial charge in [0.25, 0.3) is 0 Å². The van der Waals surface area contributed by atoms with Gasteiger partial charge in [0.1, 0.15) is 5.82 Å². The average Bonchev–Trinajstić information content (AvgIpc) is 2.48. The van der Waals surface area contributed by atoms with Gasteiger partial charge in [-0.1, -0.05) is 13.8 Å². The average molecular weight is 263 g/mol. The number of hydrogen-bond acceptors (Lipinski definition) is 4. The standard InChI is InChI=1S/C15H25N3O/c1-3-5-16-12-13-10-14(4-2)17-15(11-13)18-6-8-19-9-7-18/h10-11,16H,3-9,12H2,1-2H3. The van der Waals surface area contributed by atoms with Crippen LogP contribution in [-0.2, 0) is 17.7 Å². The number of aryl methyl sites for hydroxylation is 1. The fourth-order valence-corrected chi connectivity index (χ4v) is 2.28. The van der Waals surface area contributed by atoms with Gasteiger partial charge in [0, 0.05) is 25.3 Å². The van der Waals surface area contributed by atoms with Gasteiger partial charge >= 0.3 is 0 Å². The van der Waals surface area contributed by atoms with E-state index in [9.17, 15) is 0 Å². The van der Waals surface area contributed by atoms with E-state index in [1.54, 1.807) is 0 Å². The van der Waals surface area contributed by atoms with Gasteiger partial charge < -0.3 is 15.0 Å². The Kier molecular flexibility index (Phi) is 5.61. The summed E-state index contributed by atoms with van der Waals surface area (Å²) in [6.07, 6.45) is 2.15. The van der Waals surface area contributed by atoms with Gasteiger partial charge in [0.05, 0.1) is 13.2 Å². The molecule has 0 spiro atoms. The molecule has 0 atom stereocenters. The van der Waals surface area contributed by atoms with Crippen molar-refractivity contribution in [2.45, 2.75) is 33.2 Å². The Morgan fingerprint density at radius 3 is 2.74 bits per heavy atom. The molecule has 19 heavy (non-hydrogen) atoms. The van der Waals surface area contributed by atoms with E-state index in [0.717, 1.165) is 51.6 Å². The first-order chi connectivity index (χ1) is 9.33. The zero-order valence-corrected chi connectivity index (χ0v) is 12.1. The van der Waals surface area contributed by atoms with Gasteiger partial charge in [-0.05, 0) is 37.1 Å². The van der Waals surface area contributed by atoms with Gasteiger partial charge in [-0.25, -0.2) is 4.98 Å². The summed E-state index contributed by atoms with van der Waals surface area (Å²) in [7, 11) is 0. The molecule has 1 aromatic heterocycles. The molecular weight excluding hydrogens is 238 g/mol. The number of pyridine rings is 1. The first kappa shape index (κ1) is 14.3. The van der Waals surface area contributed by atoms with E-state index in [1.807, 2.05) is 0 Å². The molecule has 1 saturated heterocycles. The summed E-state index contributed by atoms with van der Waals surface area (Å²) in [6.45, 7) is 9.86. The van der Waals surface area contributed by atoms with Crippen molar-refractivity contribution in [3.63, 3.8) is 0 Å². The summed E-state index contributed by atoms with van der Waals surface area (Å²) in [6, 6.07) is 4.43. The van der Waals surface area contributed by atoms with Crippen molar-refractivity contribution in [1.29, 1.82) is 0 Å². The molecule has 0 aliphatic carbocycles. The fourth-order valence-electron chi connectivity index (χ4n) is 2.28. The molecule has 0 amide bonds. The molecule has 1 aliphatic rings. The first-order valence-corrected chi connectivity index (χ1v) is 7.36. The molecule has 2 rings (SSSR count). The van der Waals surface area contributed by atoms with Gasteiger partial charge in [-0.2, -0.15) is 0 Å². The second-order valence-corrected chi connectivity index (χ2v) is 4.95. The highest BCUT2D eigenvalue weighted by Gasteiger charge is 2.13. The number of ether oxygens (including phenoxy) is 1. The SMILES string of the molecule is CCCNCc1cc(CC)nc(N2CCOCC2)c1. The Hall–Kier alpha value is -1.13. The summed E-state index contributed by atoms with van der Waals surface area (Å²) in [5.41, 5.74) is 2.51. The summed E-state index contributed by atoms with van der Waals surface area (Å²) in [5, 5.41) is 3.46. The van der Waals surface area contributed by atoms with Crippen molar-refractivity contribution < 1.29 is 4.74 Å². The second-order valence-electron chi connectivity index (χ2n) is 4.95. The molecule has 4 heteroatoms. The normalized spacial score (nSPS) is 15.8. The molecule has 0 bridgehead atoms. The minimum Gasteiger partial charge on any atom is -0.378 e. The number of nitrogens with one attached hydrogen (secondary N) is 1. The number of morpholine rings is 1. The monoisotopic (exact) mass is 263 g/mol. The van der Waals surface area contributed by atoms with Crippen LogP contribution < -0.4 is 10.2 Å². The van der Waals surface area contributed by atoms with Crippen LogP contribution in [0.2, 0.25) is 0 Å². The molecule has 0 saturated carbocycles. The molecule has 0 aromatic carbocycles. The molecule has 106 valence electrons. The zero-order valence-electron chi connectivity index (χ0n) is 12.1. The molecule has 0 unspecified atom stereocenters. The third kappa shape index (κ3) is 4.18. The lowest BCUT2D eigenvalue weighted by molar-refractivity contribution is 0.122. The quantitative estimate of drug-likeness (QED) is 0.796. The molecule has 4 nitrogen and oxygen atoms in total. The number of aromatic nitrogens is 1. The van der Waals surface area contributed by atoms with Crippen LogP contribution in [0.1, 0.15) is 31.5 Å². The summed E-state index contributed by atoms with van der Waals surface area (Å²) in [4.78, 5) is 7.07. The van der Waals surface area contributed by atoms with Crippen LogP contribution in [0.15, 0.2) is 12.1 Å². The van der Waals surface area contributed by atoms with Crippen LogP contribution in [0.4, 0.5) is 5.82 Å². The third-order valence-electron chi connectivity index (χ3n) is 3.38. The Morgan fingerprint density at radius 2 is 2.05 bits per heavy atom. The minimum atomic E-state index is 0.807. The molecule has 1 fully saturated rings. The minimum absolute atomic E-state index is 0.807. The highest BCUT2D eigenvalue weighted by Crippen LogP contribution is 2.17. The number of anilines is 1. The highest BCUT2D eigenvalue weighted by atomic mass is 16.5. The molecular formula is C15H25N3O. The van der Waals surface area contributed by atoms with Crippen molar-refractivity contribution in [3.05, 3.63) is 23.4 Å². The summed E-state index contributed by atoms with van der Waals surface area (Å²) >= 11 is 0. The second kappa shape index (κ2) is 7.46. The molecule has 2 heterocycles. The lowest BCUT2D eigenvalue weighted by Gasteiger charge is -2.28. The van der Waals surface area contributed by atoms with Gasteiger partial charge in [0.15, 0.2) is 0 Å². The summed E-state index contributed by atoms with van der Waals surface area (Å²) in [5.74, 6) is 1.11. The molecule has 1 aliphatic heterocycles. The van der Waals surface area contributed by atoms with Gasteiger partial charge in [0.2, 0.25) is 0 Å². The van der Waals surface area contributed by atoms with Crippen LogP contribution >= 0.6 is 0 Å². The Balaban J connectivity index is 2.10. The third-order valence-corrected chi connectivity index (χ3v) is 3.38. The fraction of sp³-hybridized carbons (Fsp3) is 0.667. The maximum Gasteiger partial charge on any atom is 0.129 e. The zero-order chi connectivity index (χ0) is 13.5. The maximum absolute atomic E-state index is 5.41.